The van der Waals surface area contributed by atoms with Crippen LogP contribution in [0.5, 0.6) is 11.5 Å². The molecule has 0 saturated heterocycles. The molecule has 0 N–H and O–H groups in total. The maximum absolute atomic E-state index is 14.2. The monoisotopic (exact) mass is 657 g/mol. The van der Waals surface area contributed by atoms with E-state index in [1.807, 2.05) is 42.5 Å². The molecule has 6 rings (SSSR count). The first kappa shape index (κ1) is 32.4. The van der Waals surface area contributed by atoms with Crippen molar-refractivity contribution >= 4 is 34.8 Å². The van der Waals surface area contributed by atoms with Crippen LogP contribution in [-0.4, -0.2) is 30.1 Å². The van der Waals surface area contributed by atoms with Crippen molar-refractivity contribution in [1.82, 2.24) is 4.90 Å². The molecule has 0 radical (unpaired) electrons. The number of benzene rings is 3. The fourth-order valence-corrected chi connectivity index (χ4v) is 7.72. The van der Waals surface area contributed by atoms with Crippen LogP contribution in [0.25, 0.3) is 0 Å². The van der Waals surface area contributed by atoms with Crippen LogP contribution in [0.2, 0.25) is 10.0 Å². The largest absolute Gasteiger partial charge is 0.493 e. The molecular formula is C39H41Cl2NO4. The fourth-order valence-electron chi connectivity index (χ4n) is 7.32. The zero-order chi connectivity index (χ0) is 32.8. The van der Waals surface area contributed by atoms with Gasteiger partial charge in [-0.15, -0.1) is 0 Å². The van der Waals surface area contributed by atoms with Crippen LogP contribution in [0.4, 0.5) is 0 Å². The molecule has 0 amide bonds. The van der Waals surface area contributed by atoms with Crippen LogP contribution < -0.4 is 9.47 Å². The summed E-state index contributed by atoms with van der Waals surface area (Å²) in [6.45, 7) is 9.61. The van der Waals surface area contributed by atoms with E-state index in [1.165, 1.54) is 5.56 Å². The minimum atomic E-state index is -0.526. The summed E-state index contributed by atoms with van der Waals surface area (Å²) in [6, 6.07) is 21.6. The molecule has 3 aromatic carbocycles. The second-order valence-corrected chi connectivity index (χ2v) is 15.2. The van der Waals surface area contributed by atoms with E-state index in [-0.39, 0.29) is 29.0 Å². The van der Waals surface area contributed by atoms with Crippen LogP contribution in [0.15, 0.2) is 89.3 Å². The van der Waals surface area contributed by atoms with Gasteiger partial charge in [-0.1, -0.05) is 93.4 Å². The van der Waals surface area contributed by atoms with E-state index in [2.05, 4.69) is 56.9 Å². The average Bonchev–Trinajstić information content (AvgIpc) is 2.99. The molecule has 2 aliphatic carbocycles. The van der Waals surface area contributed by atoms with E-state index in [1.54, 1.807) is 7.11 Å². The van der Waals surface area contributed by atoms with Gasteiger partial charge >= 0.3 is 0 Å². The van der Waals surface area contributed by atoms with Gasteiger partial charge in [0.1, 0.15) is 6.61 Å². The number of nitrogens with zero attached hydrogens (tertiary/aromatic N) is 1. The molecule has 0 aromatic heterocycles. The van der Waals surface area contributed by atoms with Crippen LogP contribution >= 0.6 is 23.2 Å². The average molecular weight is 659 g/mol. The standard InChI is InChI=1S/C39H41Cl2NO4/c1-38(2)19-29-35(31(43)21-38)34(26-17-28(41)37(33(18-26)45-5)46-23-25-11-13-27(40)14-12-25)36-30(20-39(3,4)22-32(36)44)42(29)16-15-24-9-7-6-8-10-24/h6-14,17-18,34H,15-16,19-23H2,1-5H3. The van der Waals surface area contributed by atoms with E-state index < -0.39 is 5.92 Å². The molecule has 0 saturated carbocycles. The Morgan fingerprint density at radius 2 is 1.37 bits per heavy atom. The molecule has 3 aliphatic rings. The van der Waals surface area contributed by atoms with Crippen LogP contribution in [0, 0.1) is 10.8 Å². The summed E-state index contributed by atoms with van der Waals surface area (Å²) >= 11 is 13.0. The predicted octanol–water partition coefficient (Wildman–Crippen LogP) is 9.51. The number of hydrogen-bond acceptors (Lipinski definition) is 5. The Morgan fingerprint density at radius 3 is 1.93 bits per heavy atom. The highest BCUT2D eigenvalue weighted by molar-refractivity contribution is 6.32. The molecule has 46 heavy (non-hydrogen) atoms. The molecule has 0 bridgehead atoms. The minimum Gasteiger partial charge on any atom is -0.493 e. The van der Waals surface area contributed by atoms with Crippen molar-refractivity contribution in [3.8, 4) is 11.5 Å². The third kappa shape index (κ3) is 6.50. The normalized spacial score (nSPS) is 19.2. The van der Waals surface area contributed by atoms with Gasteiger partial charge in [-0.25, -0.2) is 0 Å². The summed E-state index contributed by atoms with van der Waals surface area (Å²) in [5.41, 5.74) is 6.02. The topological polar surface area (TPSA) is 55.8 Å². The van der Waals surface area contributed by atoms with Gasteiger partial charge in [-0.2, -0.15) is 0 Å². The number of Topliss-reactive ketones (excluding diaryl/α,β-unsaturated/α-hetero) is 2. The zero-order valence-electron chi connectivity index (χ0n) is 27.2. The predicted molar refractivity (Wildman–Crippen MR) is 183 cm³/mol. The number of ketones is 2. The quantitative estimate of drug-likeness (QED) is 0.241. The molecule has 1 aliphatic heterocycles. The first-order valence-electron chi connectivity index (χ1n) is 15.9. The molecular weight excluding hydrogens is 617 g/mol. The molecule has 0 fully saturated rings. The highest BCUT2D eigenvalue weighted by atomic mass is 35.5. The second-order valence-electron chi connectivity index (χ2n) is 14.4. The lowest BCUT2D eigenvalue weighted by atomic mass is 9.63. The summed E-state index contributed by atoms with van der Waals surface area (Å²) < 4.78 is 12.0. The number of halogens is 2. The second kappa shape index (κ2) is 12.6. The summed E-state index contributed by atoms with van der Waals surface area (Å²) in [5.74, 6) is 0.520. The van der Waals surface area contributed by atoms with Crippen LogP contribution in [0.3, 0.4) is 0 Å². The van der Waals surface area contributed by atoms with Crippen LogP contribution in [0.1, 0.15) is 76.0 Å². The number of carbonyl (C=O) groups excluding carboxylic acids is 2. The first-order valence-corrected chi connectivity index (χ1v) is 16.7. The minimum absolute atomic E-state index is 0.0864. The van der Waals surface area contributed by atoms with Gasteiger partial charge in [-0.3, -0.25) is 9.59 Å². The smallest absolute Gasteiger partial charge is 0.180 e. The third-order valence-corrected chi connectivity index (χ3v) is 9.90. The Morgan fingerprint density at radius 1 is 0.783 bits per heavy atom. The molecule has 240 valence electrons. The lowest BCUT2D eigenvalue weighted by molar-refractivity contribution is -0.119. The highest BCUT2D eigenvalue weighted by Gasteiger charge is 2.49. The van der Waals surface area contributed by atoms with E-state index in [4.69, 9.17) is 32.7 Å². The maximum atomic E-state index is 14.2. The van der Waals surface area contributed by atoms with Gasteiger partial charge in [0.05, 0.1) is 12.1 Å². The van der Waals surface area contributed by atoms with Crippen LogP contribution in [-0.2, 0) is 22.6 Å². The Kier molecular flexibility index (Phi) is 8.86. The Hall–Kier alpha value is -3.54. The highest BCUT2D eigenvalue weighted by Crippen LogP contribution is 2.55. The van der Waals surface area contributed by atoms with E-state index in [9.17, 15) is 9.59 Å². The lowest BCUT2D eigenvalue weighted by Gasteiger charge is -2.49. The van der Waals surface area contributed by atoms with Gasteiger partial charge in [0.25, 0.3) is 0 Å². The van der Waals surface area contributed by atoms with Crippen molar-refractivity contribution < 1.29 is 19.1 Å². The molecule has 7 heteroatoms. The van der Waals surface area contributed by atoms with E-state index in [0.29, 0.717) is 52.1 Å². The van der Waals surface area contributed by atoms with Crippen molar-refractivity contribution in [2.45, 2.75) is 72.3 Å². The summed E-state index contributed by atoms with van der Waals surface area (Å²) in [5, 5.41) is 1.02. The van der Waals surface area contributed by atoms with Crippen molar-refractivity contribution in [3.63, 3.8) is 0 Å². The first-order chi connectivity index (χ1) is 21.9. The molecule has 0 spiro atoms. The molecule has 1 heterocycles. The molecule has 5 nitrogen and oxygen atoms in total. The van der Waals surface area contributed by atoms with Crippen molar-refractivity contribution in [2.24, 2.45) is 10.8 Å². The fraction of sp³-hybridized carbons (Fsp3) is 0.385. The lowest BCUT2D eigenvalue weighted by Crippen LogP contribution is -2.45. The van der Waals surface area contributed by atoms with E-state index >= 15 is 0 Å². The Labute approximate surface area is 282 Å². The van der Waals surface area contributed by atoms with Crippen molar-refractivity contribution in [3.05, 3.63) is 116 Å². The number of allylic oxidation sites excluding steroid dienone is 4. The summed E-state index contributed by atoms with van der Waals surface area (Å²) in [6.07, 6.45) is 3.14. The molecule has 0 atom stereocenters. The van der Waals surface area contributed by atoms with Gasteiger partial charge < -0.3 is 14.4 Å². The summed E-state index contributed by atoms with van der Waals surface area (Å²) in [4.78, 5) is 30.8. The molecule has 0 unspecified atom stereocenters. The Balaban J connectivity index is 1.47. The number of carbonyl (C=O) groups is 2. The van der Waals surface area contributed by atoms with Crippen molar-refractivity contribution in [2.75, 3.05) is 13.7 Å². The SMILES string of the molecule is COc1cc(C2C3=C(CC(C)(C)CC3=O)N(CCc3ccccc3)C3=C2C(=O)CC(C)(C)C3)cc(Cl)c1OCc1ccc(Cl)cc1. The number of ether oxygens (including phenoxy) is 2. The summed E-state index contributed by atoms with van der Waals surface area (Å²) in [7, 11) is 1.58. The number of methoxy groups -OCH3 is 1. The van der Waals surface area contributed by atoms with E-state index in [0.717, 1.165) is 41.8 Å². The van der Waals surface area contributed by atoms with Gasteiger partial charge in [-0.05, 0) is 71.0 Å². The number of hydrogen-bond donors (Lipinski definition) is 0. The zero-order valence-corrected chi connectivity index (χ0v) is 28.7. The van der Waals surface area contributed by atoms with Crippen molar-refractivity contribution in [1.29, 1.82) is 0 Å². The molecule has 3 aromatic rings. The van der Waals surface area contributed by atoms with Gasteiger partial charge in [0.15, 0.2) is 23.1 Å². The third-order valence-electron chi connectivity index (χ3n) is 9.37. The Bertz CT molecular complexity index is 1680. The maximum Gasteiger partial charge on any atom is 0.180 e. The number of rotatable bonds is 8. The van der Waals surface area contributed by atoms with Gasteiger partial charge in [0, 0.05) is 52.9 Å². The van der Waals surface area contributed by atoms with Gasteiger partial charge in [0.2, 0.25) is 0 Å².